The lowest BCUT2D eigenvalue weighted by Gasteiger charge is -2.10. The Morgan fingerprint density at radius 3 is 2.35 bits per heavy atom. The number of thiophene rings is 1. The molecule has 1 aromatic rings. The van der Waals surface area contributed by atoms with Crippen molar-refractivity contribution in [3.63, 3.8) is 0 Å². The molecule has 6 nitrogen and oxygen atoms in total. The van der Waals surface area contributed by atoms with E-state index >= 15 is 0 Å². The lowest BCUT2D eigenvalue weighted by molar-refractivity contribution is 0.0833. The Balaban J connectivity index is 3.51. The maximum absolute atomic E-state index is 12.2. The molecule has 0 aliphatic rings. The third-order valence-electron chi connectivity index (χ3n) is 2.61. The second-order valence-corrected chi connectivity index (χ2v) is 8.14. The normalized spacial score (nSPS) is 11.7. The highest BCUT2D eigenvalue weighted by atomic mass is 32.2. The van der Waals surface area contributed by atoms with Gasteiger partial charge in [0.2, 0.25) is 0 Å². The molecule has 1 heterocycles. The molecule has 0 aliphatic heterocycles. The van der Waals surface area contributed by atoms with Gasteiger partial charge in [0.05, 0.1) is 11.4 Å². The van der Waals surface area contributed by atoms with Crippen molar-refractivity contribution in [2.45, 2.75) is 31.7 Å². The third kappa shape index (κ3) is 3.24. The van der Waals surface area contributed by atoms with E-state index in [2.05, 4.69) is 5.32 Å². The second kappa shape index (κ2) is 6.01. The van der Waals surface area contributed by atoms with E-state index in [4.69, 9.17) is 5.73 Å². The summed E-state index contributed by atoms with van der Waals surface area (Å²) in [5.74, 6) is -0.354. The monoisotopic (exact) mass is 319 g/mol. The smallest absolute Gasteiger partial charge is 0.265 e. The van der Waals surface area contributed by atoms with E-state index in [9.17, 15) is 13.2 Å². The molecular weight excluding hydrogens is 298 g/mol. The van der Waals surface area contributed by atoms with Crippen molar-refractivity contribution in [3.8, 4) is 0 Å². The quantitative estimate of drug-likeness (QED) is 0.861. The van der Waals surface area contributed by atoms with E-state index in [0.717, 1.165) is 11.3 Å². The first-order valence-electron chi connectivity index (χ1n) is 6.25. The molecular formula is C12H21N3O3S2. The van der Waals surface area contributed by atoms with E-state index in [-0.39, 0.29) is 33.2 Å². The SMILES string of the molecule is CCS(=O)(=O)c1c(NC(C)C)sc(C(=O)N(C)C)c1N. The van der Waals surface area contributed by atoms with Crippen molar-refractivity contribution < 1.29 is 13.2 Å². The van der Waals surface area contributed by atoms with Crippen LogP contribution in [-0.4, -0.2) is 45.1 Å². The minimum atomic E-state index is -3.49. The van der Waals surface area contributed by atoms with Crippen LogP contribution in [-0.2, 0) is 9.84 Å². The average molecular weight is 319 g/mol. The molecule has 0 bridgehead atoms. The van der Waals surface area contributed by atoms with Crippen LogP contribution in [0.4, 0.5) is 10.7 Å². The largest absolute Gasteiger partial charge is 0.396 e. The predicted octanol–water partition coefficient (Wildman–Crippen LogP) is 1.65. The second-order valence-electron chi connectivity index (χ2n) is 4.91. The minimum Gasteiger partial charge on any atom is -0.396 e. The number of amides is 1. The molecule has 0 aromatic carbocycles. The Morgan fingerprint density at radius 2 is 1.95 bits per heavy atom. The molecule has 0 aliphatic carbocycles. The van der Waals surface area contributed by atoms with Crippen molar-refractivity contribution in [2.24, 2.45) is 0 Å². The number of carbonyl (C=O) groups excluding carboxylic acids is 1. The number of nitrogens with one attached hydrogen (secondary N) is 1. The zero-order chi connectivity index (χ0) is 15.7. The maximum Gasteiger partial charge on any atom is 0.265 e. The molecule has 0 saturated heterocycles. The Hall–Kier alpha value is -1.28. The fourth-order valence-electron chi connectivity index (χ4n) is 1.60. The lowest BCUT2D eigenvalue weighted by Crippen LogP contribution is -2.21. The highest BCUT2D eigenvalue weighted by Gasteiger charge is 2.29. The molecule has 0 radical (unpaired) electrons. The maximum atomic E-state index is 12.2. The van der Waals surface area contributed by atoms with Crippen molar-refractivity contribution in [2.75, 3.05) is 30.9 Å². The molecule has 1 rings (SSSR count). The Labute approximate surface area is 123 Å². The van der Waals surface area contributed by atoms with Crippen LogP contribution in [0.15, 0.2) is 4.90 Å². The Bertz CT molecular complexity index is 604. The zero-order valence-corrected chi connectivity index (χ0v) is 14.0. The summed E-state index contributed by atoms with van der Waals surface area (Å²) in [6, 6.07) is 0.0427. The predicted molar refractivity (Wildman–Crippen MR) is 83.2 cm³/mol. The summed E-state index contributed by atoms with van der Waals surface area (Å²) in [7, 11) is -0.287. The van der Waals surface area contributed by atoms with Gasteiger partial charge >= 0.3 is 0 Å². The van der Waals surface area contributed by atoms with Gasteiger partial charge in [-0.15, -0.1) is 11.3 Å². The fraction of sp³-hybridized carbons (Fsp3) is 0.583. The summed E-state index contributed by atoms with van der Waals surface area (Å²) in [4.78, 5) is 13.7. The van der Waals surface area contributed by atoms with Gasteiger partial charge in [-0.25, -0.2) is 8.42 Å². The van der Waals surface area contributed by atoms with Gasteiger partial charge < -0.3 is 16.0 Å². The number of carbonyl (C=O) groups is 1. The number of nitrogens with two attached hydrogens (primary N) is 1. The minimum absolute atomic E-state index is 0.0405. The summed E-state index contributed by atoms with van der Waals surface area (Å²) < 4.78 is 24.4. The van der Waals surface area contributed by atoms with Gasteiger partial charge in [-0.3, -0.25) is 4.79 Å². The number of nitrogens with zero attached hydrogens (tertiary/aromatic N) is 1. The Kier molecular flexibility index (Phi) is 5.04. The van der Waals surface area contributed by atoms with E-state index in [0.29, 0.717) is 5.00 Å². The number of anilines is 2. The van der Waals surface area contributed by atoms with Gasteiger partial charge in [-0.05, 0) is 13.8 Å². The summed E-state index contributed by atoms with van der Waals surface area (Å²) in [6.45, 7) is 5.34. The number of rotatable bonds is 5. The number of nitrogen functional groups attached to an aromatic ring is 1. The van der Waals surface area contributed by atoms with Crippen LogP contribution in [0.25, 0.3) is 0 Å². The summed E-state index contributed by atoms with van der Waals surface area (Å²) in [5.41, 5.74) is 5.96. The van der Waals surface area contributed by atoms with Crippen molar-refractivity contribution >= 4 is 37.8 Å². The van der Waals surface area contributed by atoms with Gasteiger partial charge in [-0.2, -0.15) is 0 Å². The number of hydrogen-bond acceptors (Lipinski definition) is 6. The van der Waals surface area contributed by atoms with Crippen molar-refractivity contribution in [1.82, 2.24) is 4.90 Å². The van der Waals surface area contributed by atoms with Crippen molar-refractivity contribution in [1.29, 1.82) is 0 Å². The van der Waals surface area contributed by atoms with Crippen LogP contribution in [0, 0.1) is 0 Å². The number of hydrogen-bond donors (Lipinski definition) is 2. The summed E-state index contributed by atoms with van der Waals surface area (Å²) in [6.07, 6.45) is 0. The Morgan fingerprint density at radius 1 is 1.40 bits per heavy atom. The van der Waals surface area contributed by atoms with E-state index in [1.807, 2.05) is 13.8 Å². The lowest BCUT2D eigenvalue weighted by atomic mass is 10.3. The molecule has 1 aromatic heterocycles. The van der Waals surface area contributed by atoms with E-state index in [1.54, 1.807) is 21.0 Å². The molecule has 114 valence electrons. The molecule has 1 amide bonds. The first-order valence-corrected chi connectivity index (χ1v) is 8.71. The van der Waals surface area contributed by atoms with Gasteiger partial charge in [0.15, 0.2) is 9.84 Å². The highest BCUT2D eigenvalue weighted by Crippen LogP contribution is 2.40. The van der Waals surface area contributed by atoms with E-state index in [1.165, 1.54) is 4.90 Å². The van der Waals surface area contributed by atoms with Gasteiger partial charge in [0.25, 0.3) is 5.91 Å². The third-order valence-corrected chi connectivity index (χ3v) is 5.67. The molecule has 3 N–H and O–H groups in total. The molecule has 0 atom stereocenters. The van der Waals surface area contributed by atoms with Crippen LogP contribution in [0.3, 0.4) is 0 Å². The van der Waals surface area contributed by atoms with Crippen LogP contribution in [0.2, 0.25) is 0 Å². The standard InChI is InChI=1S/C12H21N3O3S2/c1-6-20(17,18)10-8(13)9(12(16)15(4)5)19-11(10)14-7(2)3/h7,14H,6,13H2,1-5H3. The topological polar surface area (TPSA) is 92.5 Å². The first-order chi connectivity index (χ1) is 9.11. The molecule has 0 saturated carbocycles. The summed E-state index contributed by atoms with van der Waals surface area (Å²) >= 11 is 1.09. The van der Waals surface area contributed by atoms with Crippen LogP contribution in [0.1, 0.15) is 30.4 Å². The molecule has 0 fully saturated rings. The molecule has 8 heteroatoms. The summed E-state index contributed by atoms with van der Waals surface area (Å²) in [5, 5.41) is 3.49. The van der Waals surface area contributed by atoms with E-state index < -0.39 is 9.84 Å². The average Bonchev–Trinajstić information content (AvgIpc) is 2.64. The molecule has 0 unspecified atom stereocenters. The van der Waals surface area contributed by atoms with Gasteiger partial charge in [-0.1, -0.05) is 6.92 Å². The number of sulfone groups is 1. The van der Waals surface area contributed by atoms with Crippen LogP contribution in [0.5, 0.6) is 0 Å². The highest BCUT2D eigenvalue weighted by molar-refractivity contribution is 7.91. The fourth-order valence-corrected chi connectivity index (χ4v) is 4.42. The molecule has 0 spiro atoms. The van der Waals surface area contributed by atoms with Gasteiger partial charge in [0, 0.05) is 20.1 Å². The molecule has 20 heavy (non-hydrogen) atoms. The van der Waals surface area contributed by atoms with Gasteiger partial charge in [0.1, 0.15) is 14.8 Å². The van der Waals surface area contributed by atoms with Crippen molar-refractivity contribution in [3.05, 3.63) is 4.88 Å². The van der Waals surface area contributed by atoms with Crippen LogP contribution >= 0.6 is 11.3 Å². The van der Waals surface area contributed by atoms with Crippen LogP contribution < -0.4 is 11.1 Å². The zero-order valence-electron chi connectivity index (χ0n) is 12.4. The first kappa shape index (κ1) is 16.8.